The highest BCUT2D eigenvalue weighted by Gasteiger charge is 2.15. The Labute approximate surface area is 113 Å². The van der Waals surface area contributed by atoms with Crippen LogP contribution in [-0.2, 0) is 0 Å². The van der Waals surface area contributed by atoms with Crippen molar-refractivity contribution in [2.45, 2.75) is 26.3 Å². The van der Waals surface area contributed by atoms with E-state index in [4.69, 9.17) is 4.42 Å². The van der Waals surface area contributed by atoms with E-state index in [0.717, 1.165) is 30.1 Å². The summed E-state index contributed by atoms with van der Waals surface area (Å²) in [6.07, 6.45) is 3.25. The standard InChI is InChI=1S/C15H21NOS/c1-4-16-13(8-9-18-3)14-10-12-7-5-6-11(2)15(12)17-14/h5-7,10,13,16H,4,8-9H2,1-3H3. The summed E-state index contributed by atoms with van der Waals surface area (Å²) in [7, 11) is 0. The van der Waals surface area contributed by atoms with Crippen LogP contribution in [0.4, 0.5) is 0 Å². The van der Waals surface area contributed by atoms with Crippen molar-refractivity contribution < 1.29 is 4.42 Å². The zero-order chi connectivity index (χ0) is 13.0. The maximum atomic E-state index is 6.04. The van der Waals surface area contributed by atoms with Gasteiger partial charge in [-0.2, -0.15) is 11.8 Å². The van der Waals surface area contributed by atoms with Gasteiger partial charge in [0.05, 0.1) is 6.04 Å². The lowest BCUT2D eigenvalue weighted by Crippen LogP contribution is -2.20. The van der Waals surface area contributed by atoms with E-state index in [2.05, 4.69) is 49.7 Å². The van der Waals surface area contributed by atoms with E-state index in [0.29, 0.717) is 6.04 Å². The van der Waals surface area contributed by atoms with E-state index in [1.807, 2.05) is 11.8 Å². The fourth-order valence-electron chi connectivity index (χ4n) is 2.23. The zero-order valence-electron chi connectivity index (χ0n) is 11.3. The number of benzene rings is 1. The summed E-state index contributed by atoms with van der Waals surface area (Å²) in [6.45, 7) is 5.20. The van der Waals surface area contributed by atoms with Crippen molar-refractivity contribution in [3.8, 4) is 0 Å². The second-order valence-corrected chi connectivity index (χ2v) is 5.52. The van der Waals surface area contributed by atoms with Crippen LogP contribution >= 0.6 is 11.8 Å². The molecule has 2 aromatic rings. The second-order valence-electron chi connectivity index (χ2n) is 4.53. The molecule has 1 N–H and O–H groups in total. The number of fused-ring (bicyclic) bond motifs is 1. The van der Waals surface area contributed by atoms with Gasteiger partial charge in [0.1, 0.15) is 11.3 Å². The smallest absolute Gasteiger partial charge is 0.137 e. The quantitative estimate of drug-likeness (QED) is 0.847. The predicted octanol–water partition coefficient (Wildman–Crippen LogP) is 4.14. The van der Waals surface area contributed by atoms with Gasteiger partial charge in [-0.15, -0.1) is 0 Å². The highest BCUT2D eigenvalue weighted by Crippen LogP contribution is 2.28. The highest BCUT2D eigenvalue weighted by molar-refractivity contribution is 7.98. The molecule has 2 rings (SSSR count). The summed E-state index contributed by atoms with van der Waals surface area (Å²) in [5.41, 5.74) is 2.23. The number of hydrogen-bond donors (Lipinski definition) is 1. The molecule has 0 saturated carbocycles. The van der Waals surface area contributed by atoms with Gasteiger partial charge in [0.15, 0.2) is 0 Å². The SMILES string of the molecule is CCNC(CCSC)c1cc2cccc(C)c2o1. The topological polar surface area (TPSA) is 25.2 Å². The van der Waals surface area contributed by atoms with Crippen LogP contribution in [0, 0.1) is 6.92 Å². The van der Waals surface area contributed by atoms with Gasteiger partial charge in [0, 0.05) is 5.39 Å². The third-order valence-electron chi connectivity index (χ3n) is 3.16. The van der Waals surface area contributed by atoms with Crippen LogP contribution in [0.1, 0.15) is 30.7 Å². The first-order valence-electron chi connectivity index (χ1n) is 6.47. The fourth-order valence-corrected chi connectivity index (χ4v) is 2.70. The summed E-state index contributed by atoms with van der Waals surface area (Å²) in [4.78, 5) is 0. The van der Waals surface area contributed by atoms with Gasteiger partial charge in [-0.1, -0.05) is 25.1 Å². The minimum absolute atomic E-state index is 0.328. The average Bonchev–Trinajstić information content (AvgIpc) is 2.80. The molecule has 1 unspecified atom stereocenters. The van der Waals surface area contributed by atoms with Crippen LogP contribution in [0.25, 0.3) is 11.0 Å². The molecule has 2 nitrogen and oxygen atoms in total. The minimum atomic E-state index is 0.328. The van der Waals surface area contributed by atoms with Crippen LogP contribution in [-0.4, -0.2) is 18.6 Å². The number of aryl methyl sites for hydroxylation is 1. The zero-order valence-corrected chi connectivity index (χ0v) is 12.1. The lowest BCUT2D eigenvalue weighted by atomic mass is 10.1. The number of nitrogens with one attached hydrogen (secondary N) is 1. The average molecular weight is 263 g/mol. The Hall–Kier alpha value is -0.930. The minimum Gasteiger partial charge on any atom is -0.459 e. The van der Waals surface area contributed by atoms with E-state index in [1.165, 1.54) is 10.9 Å². The van der Waals surface area contributed by atoms with Crippen molar-refractivity contribution in [3.05, 3.63) is 35.6 Å². The van der Waals surface area contributed by atoms with E-state index < -0.39 is 0 Å². The normalized spacial score (nSPS) is 13.1. The largest absolute Gasteiger partial charge is 0.459 e. The molecule has 0 spiro atoms. The molecule has 0 radical (unpaired) electrons. The molecular formula is C15H21NOS. The molecule has 0 aliphatic heterocycles. The molecule has 0 amide bonds. The Bertz CT molecular complexity index is 506. The molecule has 0 fully saturated rings. The third-order valence-corrected chi connectivity index (χ3v) is 3.81. The molecule has 0 aliphatic rings. The summed E-state index contributed by atoms with van der Waals surface area (Å²) in [5, 5.41) is 4.71. The molecule has 0 aliphatic carbocycles. The maximum absolute atomic E-state index is 6.04. The summed E-state index contributed by atoms with van der Waals surface area (Å²) < 4.78 is 6.04. The van der Waals surface area contributed by atoms with Crippen LogP contribution in [0.15, 0.2) is 28.7 Å². The molecule has 98 valence electrons. The third kappa shape index (κ3) is 2.90. The van der Waals surface area contributed by atoms with Gasteiger partial charge < -0.3 is 9.73 Å². The maximum Gasteiger partial charge on any atom is 0.137 e. The molecular weight excluding hydrogens is 242 g/mol. The van der Waals surface area contributed by atoms with Crippen LogP contribution in [0.3, 0.4) is 0 Å². The lowest BCUT2D eigenvalue weighted by molar-refractivity contribution is 0.429. The highest BCUT2D eigenvalue weighted by atomic mass is 32.2. The van der Waals surface area contributed by atoms with Crippen LogP contribution < -0.4 is 5.32 Å². The second kappa shape index (κ2) is 6.30. The molecule has 3 heteroatoms. The molecule has 1 aromatic heterocycles. The molecule has 1 aromatic carbocycles. The molecule has 1 heterocycles. The summed E-state index contributed by atoms with van der Waals surface area (Å²) in [6, 6.07) is 8.80. The Morgan fingerprint density at radius 3 is 2.89 bits per heavy atom. The number of para-hydroxylation sites is 1. The Kier molecular flexibility index (Phi) is 4.72. The van der Waals surface area contributed by atoms with Crippen molar-refractivity contribution >= 4 is 22.7 Å². The van der Waals surface area contributed by atoms with Gasteiger partial charge in [-0.25, -0.2) is 0 Å². The lowest BCUT2D eigenvalue weighted by Gasteiger charge is -2.14. The van der Waals surface area contributed by atoms with Crippen molar-refractivity contribution in [1.82, 2.24) is 5.32 Å². The molecule has 18 heavy (non-hydrogen) atoms. The number of rotatable bonds is 6. The monoisotopic (exact) mass is 263 g/mol. The fraction of sp³-hybridized carbons (Fsp3) is 0.467. The van der Waals surface area contributed by atoms with Crippen molar-refractivity contribution in [2.75, 3.05) is 18.6 Å². The van der Waals surface area contributed by atoms with E-state index in [9.17, 15) is 0 Å². The van der Waals surface area contributed by atoms with Crippen LogP contribution in [0.5, 0.6) is 0 Å². The summed E-state index contributed by atoms with van der Waals surface area (Å²) >= 11 is 1.88. The summed E-state index contributed by atoms with van der Waals surface area (Å²) in [5.74, 6) is 2.21. The Morgan fingerprint density at radius 1 is 1.39 bits per heavy atom. The van der Waals surface area contributed by atoms with E-state index in [1.54, 1.807) is 0 Å². The molecule has 1 atom stereocenters. The van der Waals surface area contributed by atoms with Gasteiger partial charge in [0.2, 0.25) is 0 Å². The van der Waals surface area contributed by atoms with Crippen molar-refractivity contribution in [3.63, 3.8) is 0 Å². The van der Waals surface area contributed by atoms with Crippen LogP contribution in [0.2, 0.25) is 0 Å². The molecule has 0 bridgehead atoms. The van der Waals surface area contributed by atoms with E-state index >= 15 is 0 Å². The van der Waals surface area contributed by atoms with Crippen molar-refractivity contribution in [2.24, 2.45) is 0 Å². The first kappa shape index (κ1) is 13.5. The number of thioether (sulfide) groups is 1. The van der Waals surface area contributed by atoms with Crippen molar-refractivity contribution in [1.29, 1.82) is 0 Å². The Morgan fingerprint density at radius 2 is 2.22 bits per heavy atom. The van der Waals surface area contributed by atoms with Gasteiger partial charge in [-0.05, 0) is 43.5 Å². The van der Waals surface area contributed by atoms with Gasteiger partial charge in [0.25, 0.3) is 0 Å². The number of furan rings is 1. The van der Waals surface area contributed by atoms with Gasteiger partial charge in [-0.3, -0.25) is 0 Å². The Balaban J connectivity index is 2.29. The first-order chi connectivity index (χ1) is 8.76. The van der Waals surface area contributed by atoms with Gasteiger partial charge >= 0.3 is 0 Å². The molecule has 0 saturated heterocycles. The number of hydrogen-bond acceptors (Lipinski definition) is 3. The van der Waals surface area contributed by atoms with E-state index in [-0.39, 0.29) is 0 Å². The predicted molar refractivity (Wildman–Crippen MR) is 80.4 cm³/mol. The first-order valence-corrected chi connectivity index (χ1v) is 7.87.